The van der Waals surface area contributed by atoms with Crippen molar-refractivity contribution in [1.29, 1.82) is 0 Å². The summed E-state index contributed by atoms with van der Waals surface area (Å²) in [7, 11) is 0. The first-order chi connectivity index (χ1) is 15.0. The number of carbonyl (C=O) groups excluding carboxylic acids is 2. The smallest absolute Gasteiger partial charge is 0.225 e. The first kappa shape index (κ1) is 21.2. The number of carbonyl (C=O) groups is 2. The minimum Gasteiger partial charge on any atom is -0.371 e. The fraction of sp³-hybridized carbons (Fsp3) is 0.440. The number of amides is 2. The van der Waals surface area contributed by atoms with E-state index in [4.69, 9.17) is 0 Å². The van der Waals surface area contributed by atoms with E-state index in [1.165, 1.54) is 24.1 Å². The zero-order valence-electron chi connectivity index (χ0n) is 18.4. The van der Waals surface area contributed by atoms with Crippen LogP contribution in [-0.4, -0.2) is 31.4 Å². The van der Waals surface area contributed by atoms with Crippen LogP contribution in [-0.2, 0) is 16.1 Å². The standard InChI is InChI=1S/C25H32N4O2/c1-17-9-11-29(12-10-17)23-8-7-22(13-18(23)2)28-21-5-3-19(4-6-21)15-27-25(31)20-14-24(30)26-16-20/h3-8,13,17,20,28H,9-12,14-16H2,1-2H3,(H,26,30)(H,27,31). The van der Waals surface area contributed by atoms with Crippen LogP contribution in [0.1, 0.15) is 37.3 Å². The minimum atomic E-state index is -0.256. The van der Waals surface area contributed by atoms with E-state index in [9.17, 15) is 9.59 Å². The highest BCUT2D eigenvalue weighted by Crippen LogP contribution is 2.29. The predicted molar refractivity (Wildman–Crippen MR) is 124 cm³/mol. The Kier molecular flexibility index (Phi) is 6.44. The van der Waals surface area contributed by atoms with Gasteiger partial charge in [-0.3, -0.25) is 9.59 Å². The van der Waals surface area contributed by atoms with Gasteiger partial charge in [-0.25, -0.2) is 0 Å². The van der Waals surface area contributed by atoms with Gasteiger partial charge in [-0.1, -0.05) is 19.1 Å². The van der Waals surface area contributed by atoms with Gasteiger partial charge in [0, 0.05) is 49.7 Å². The lowest BCUT2D eigenvalue weighted by Gasteiger charge is -2.33. The number of benzene rings is 2. The lowest BCUT2D eigenvalue weighted by molar-refractivity contribution is -0.126. The van der Waals surface area contributed by atoms with Gasteiger partial charge in [0.1, 0.15) is 0 Å². The molecule has 2 aromatic carbocycles. The molecule has 164 valence electrons. The molecule has 0 radical (unpaired) electrons. The highest BCUT2D eigenvalue weighted by molar-refractivity contribution is 5.89. The van der Waals surface area contributed by atoms with Gasteiger partial charge < -0.3 is 20.9 Å². The topological polar surface area (TPSA) is 73.5 Å². The van der Waals surface area contributed by atoms with E-state index in [-0.39, 0.29) is 24.2 Å². The van der Waals surface area contributed by atoms with E-state index in [2.05, 4.69) is 52.9 Å². The third-order valence-electron chi connectivity index (χ3n) is 6.38. The number of hydrogen-bond acceptors (Lipinski definition) is 4. The molecule has 1 atom stereocenters. The van der Waals surface area contributed by atoms with Gasteiger partial charge in [0.2, 0.25) is 11.8 Å². The quantitative estimate of drug-likeness (QED) is 0.666. The first-order valence-corrected chi connectivity index (χ1v) is 11.2. The summed E-state index contributed by atoms with van der Waals surface area (Å²) in [5.41, 5.74) is 5.74. The fourth-order valence-corrected chi connectivity index (χ4v) is 4.33. The summed E-state index contributed by atoms with van der Waals surface area (Å²) in [5.74, 6) is 0.453. The fourth-order valence-electron chi connectivity index (χ4n) is 4.33. The van der Waals surface area contributed by atoms with E-state index >= 15 is 0 Å². The molecule has 2 aliphatic rings. The average molecular weight is 421 g/mol. The van der Waals surface area contributed by atoms with E-state index in [1.807, 2.05) is 24.3 Å². The van der Waals surface area contributed by atoms with Gasteiger partial charge in [0.05, 0.1) is 5.92 Å². The summed E-state index contributed by atoms with van der Waals surface area (Å²) in [6, 6.07) is 14.6. The van der Waals surface area contributed by atoms with Crippen LogP contribution in [0, 0.1) is 18.8 Å². The molecule has 0 bridgehead atoms. The molecule has 0 aliphatic carbocycles. The SMILES string of the molecule is Cc1cc(Nc2ccc(CNC(=O)C3CNC(=O)C3)cc2)ccc1N1CCC(C)CC1. The van der Waals surface area contributed by atoms with Crippen molar-refractivity contribution in [2.24, 2.45) is 11.8 Å². The van der Waals surface area contributed by atoms with Crippen LogP contribution in [0.3, 0.4) is 0 Å². The summed E-state index contributed by atoms with van der Waals surface area (Å²) < 4.78 is 0. The number of piperidine rings is 1. The van der Waals surface area contributed by atoms with Crippen molar-refractivity contribution in [2.45, 2.75) is 39.7 Å². The van der Waals surface area contributed by atoms with Gasteiger partial charge in [-0.05, 0) is 67.1 Å². The van der Waals surface area contributed by atoms with Gasteiger partial charge in [0.15, 0.2) is 0 Å². The molecular formula is C25H32N4O2. The van der Waals surface area contributed by atoms with Crippen LogP contribution in [0.2, 0.25) is 0 Å². The molecule has 31 heavy (non-hydrogen) atoms. The predicted octanol–water partition coefficient (Wildman–Crippen LogP) is 3.73. The van der Waals surface area contributed by atoms with E-state index in [0.717, 1.165) is 35.9 Å². The van der Waals surface area contributed by atoms with Crippen LogP contribution in [0.5, 0.6) is 0 Å². The minimum absolute atomic E-state index is 0.0515. The van der Waals surface area contributed by atoms with E-state index in [1.54, 1.807) is 0 Å². The molecule has 3 N–H and O–H groups in total. The molecule has 6 heteroatoms. The highest BCUT2D eigenvalue weighted by Gasteiger charge is 2.27. The Morgan fingerprint density at radius 2 is 1.81 bits per heavy atom. The molecule has 2 saturated heterocycles. The van der Waals surface area contributed by atoms with Gasteiger partial charge in [0.25, 0.3) is 0 Å². The molecule has 0 saturated carbocycles. The maximum atomic E-state index is 12.1. The molecule has 2 amide bonds. The van der Waals surface area contributed by atoms with Gasteiger partial charge in [-0.2, -0.15) is 0 Å². The number of anilines is 3. The van der Waals surface area contributed by atoms with Crippen LogP contribution < -0.4 is 20.9 Å². The summed E-state index contributed by atoms with van der Waals surface area (Å²) >= 11 is 0. The van der Waals surface area contributed by atoms with Crippen LogP contribution in [0.4, 0.5) is 17.1 Å². The van der Waals surface area contributed by atoms with Gasteiger partial charge in [-0.15, -0.1) is 0 Å². The summed E-state index contributed by atoms with van der Waals surface area (Å²) in [5, 5.41) is 9.09. The summed E-state index contributed by atoms with van der Waals surface area (Å²) in [6.07, 6.45) is 2.81. The number of nitrogens with one attached hydrogen (secondary N) is 3. The zero-order chi connectivity index (χ0) is 21.8. The Morgan fingerprint density at radius 1 is 1.10 bits per heavy atom. The molecular weight excluding hydrogens is 388 g/mol. The number of hydrogen-bond donors (Lipinski definition) is 3. The Hall–Kier alpha value is -3.02. The molecule has 0 aromatic heterocycles. The second-order valence-corrected chi connectivity index (χ2v) is 8.92. The molecule has 2 aliphatic heterocycles. The van der Waals surface area contributed by atoms with Crippen molar-refractivity contribution in [3.8, 4) is 0 Å². The summed E-state index contributed by atoms with van der Waals surface area (Å²) in [4.78, 5) is 25.9. The maximum Gasteiger partial charge on any atom is 0.225 e. The van der Waals surface area contributed by atoms with Crippen molar-refractivity contribution in [3.05, 3.63) is 53.6 Å². The lowest BCUT2D eigenvalue weighted by Crippen LogP contribution is -2.33. The summed E-state index contributed by atoms with van der Waals surface area (Å²) in [6.45, 7) is 7.69. The second-order valence-electron chi connectivity index (χ2n) is 8.92. The third kappa shape index (κ3) is 5.37. The lowest BCUT2D eigenvalue weighted by atomic mass is 9.98. The van der Waals surface area contributed by atoms with Crippen molar-refractivity contribution in [3.63, 3.8) is 0 Å². The molecule has 0 spiro atoms. The van der Waals surface area contributed by atoms with Gasteiger partial charge >= 0.3 is 0 Å². The third-order valence-corrected chi connectivity index (χ3v) is 6.38. The molecule has 4 rings (SSSR count). The Labute approximate surface area is 184 Å². The highest BCUT2D eigenvalue weighted by atomic mass is 16.2. The maximum absolute atomic E-state index is 12.1. The van der Waals surface area contributed by atoms with Crippen molar-refractivity contribution >= 4 is 28.9 Å². The van der Waals surface area contributed by atoms with E-state index < -0.39 is 0 Å². The Morgan fingerprint density at radius 3 is 2.45 bits per heavy atom. The molecule has 2 aromatic rings. The van der Waals surface area contributed by atoms with E-state index in [0.29, 0.717) is 13.1 Å². The molecule has 2 heterocycles. The zero-order valence-corrected chi connectivity index (χ0v) is 18.4. The average Bonchev–Trinajstić information content (AvgIpc) is 3.20. The number of nitrogens with zero attached hydrogens (tertiary/aromatic N) is 1. The van der Waals surface area contributed by atoms with Crippen molar-refractivity contribution in [1.82, 2.24) is 10.6 Å². The van der Waals surface area contributed by atoms with Crippen LogP contribution in [0.25, 0.3) is 0 Å². The molecule has 6 nitrogen and oxygen atoms in total. The Bertz CT molecular complexity index is 933. The molecule has 2 fully saturated rings. The largest absolute Gasteiger partial charge is 0.371 e. The van der Waals surface area contributed by atoms with Crippen LogP contribution >= 0.6 is 0 Å². The molecule has 1 unspecified atom stereocenters. The monoisotopic (exact) mass is 420 g/mol. The number of aryl methyl sites for hydroxylation is 1. The first-order valence-electron chi connectivity index (χ1n) is 11.2. The normalized spacial score (nSPS) is 19.2. The number of rotatable bonds is 6. The van der Waals surface area contributed by atoms with Crippen molar-refractivity contribution in [2.75, 3.05) is 29.9 Å². The van der Waals surface area contributed by atoms with Crippen molar-refractivity contribution < 1.29 is 9.59 Å². The second kappa shape index (κ2) is 9.41. The van der Waals surface area contributed by atoms with Crippen LogP contribution in [0.15, 0.2) is 42.5 Å². The Balaban J connectivity index is 1.31.